The van der Waals surface area contributed by atoms with Crippen molar-refractivity contribution in [2.24, 2.45) is 0 Å². The Labute approximate surface area is 449 Å². The van der Waals surface area contributed by atoms with E-state index in [9.17, 15) is 5.26 Å². The van der Waals surface area contributed by atoms with Crippen LogP contribution in [0.25, 0.3) is 104 Å². The van der Waals surface area contributed by atoms with Gasteiger partial charge in [0.1, 0.15) is 6.07 Å². The molecule has 0 aliphatic rings. The Hall–Kier alpha value is -8.44. The summed E-state index contributed by atoms with van der Waals surface area (Å²) in [6, 6.07) is 68.0. The molecule has 2 aromatic heterocycles. The molecule has 0 bridgehead atoms. The van der Waals surface area contributed by atoms with E-state index >= 15 is 0 Å². The van der Waals surface area contributed by atoms with Crippen LogP contribution >= 0.6 is 0 Å². The molecule has 374 valence electrons. The first kappa shape index (κ1) is 49.8. The van der Waals surface area contributed by atoms with Gasteiger partial charge in [0, 0.05) is 32.9 Å². The average Bonchev–Trinajstić information content (AvgIpc) is 3.93. The van der Waals surface area contributed by atoms with Gasteiger partial charge in [-0.2, -0.15) is 5.26 Å². The molecule has 0 saturated heterocycles. The molecular formula is C72H66N4. The standard InChI is InChI=1S/C72H66N4/c1-69(2,3)49-28-36-60-55(40-49)56-41-50(70(4,5)6)29-37-61(56)75(60)53-32-24-47(25-33-53)65-59(44-73)64(45-20-16-14-17-21-45)67(68(74-13)66(65)46-22-18-15-19-23-46)48-26-34-54(35-27-48)76-62-38-30-51(71(7,8)9)42-57(62)58-43-52(72(10,11)12)31-39-63(58)76/h14-43H,1-12H3. The maximum atomic E-state index is 11.7. The predicted molar refractivity (Wildman–Crippen MR) is 323 cm³/mol. The zero-order valence-corrected chi connectivity index (χ0v) is 46.1. The molecule has 0 amide bonds. The highest BCUT2D eigenvalue weighted by molar-refractivity contribution is 6.12. The van der Waals surface area contributed by atoms with Crippen molar-refractivity contribution in [2.45, 2.75) is 105 Å². The number of hydrogen-bond acceptors (Lipinski definition) is 1. The molecular weight excluding hydrogens is 921 g/mol. The molecule has 9 aromatic carbocycles. The molecule has 4 heteroatoms. The van der Waals surface area contributed by atoms with E-state index in [2.05, 4.69) is 249 Å². The van der Waals surface area contributed by atoms with E-state index in [4.69, 9.17) is 6.57 Å². The van der Waals surface area contributed by atoms with Crippen molar-refractivity contribution >= 4 is 49.3 Å². The molecule has 0 radical (unpaired) electrons. The van der Waals surface area contributed by atoms with Gasteiger partial charge in [-0.3, -0.25) is 0 Å². The molecule has 2 heterocycles. The lowest BCUT2D eigenvalue weighted by Gasteiger charge is -2.23. The zero-order valence-electron chi connectivity index (χ0n) is 46.1. The molecule has 4 nitrogen and oxygen atoms in total. The van der Waals surface area contributed by atoms with Crippen molar-refractivity contribution in [1.29, 1.82) is 5.26 Å². The minimum absolute atomic E-state index is 0.00959. The van der Waals surface area contributed by atoms with Crippen LogP contribution in [-0.4, -0.2) is 9.13 Å². The Morgan fingerprint density at radius 3 is 0.908 bits per heavy atom. The lowest BCUT2D eigenvalue weighted by molar-refractivity contribution is 0.590. The van der Waals surface area contributed by atoms with Gasteiger partial charge in [-0.15, -0.1) is 0 Å². The number of nitrogens with zero attached hydrogens (tertiary/aromatic N) is 4. The molecule has 76 heavy (non-hydrogen) atoms. The maximum Gasteiger partial charge on any atom is 0.203 e. The van der Waals surface area contributed by atoms with Crippen LogP contribution in [0.15, 0.2) is 182 Å². The van der Waals surface area contributed by atoms with Gasteiger partial charge in [-0.25, -0.2) is 4.85 Å². The molecule has 0 spiro atoms. The second-order valence-electron chi connectivity index (χ2n) is 24.9. The zero-order chi connectivity index (χ0) is 53.6. The van der Waals surface area contributed by atoms with Crippen molar-refractivity contribution in [1.82, 2.24) is 9.13 Å². The Morgan fingerprint density at radius 2 is 0.632 bits per heavy atom. The highest BCUT2D eigenvalue weighted by atomic mass is 15.0. The highest BCUT2D eigenvalue weighted by Gasteiger charge is 2.29. The third-order valence-electron chi connectivity index (χ3n) is 15.6. The summed E-state index contributed by atoms with van der Waals surface area (Å²) in [7, 11) is 0. The quantitative estimate of drug-likeness (QED) is 0.153. The molecule has 0 aliphatic heterocycles. The van der Waals surface area contributed by atoms with E-state index in [0.29, 0.717) is 11.3 Å². The fourth-order valence-corrected chi connectivity index (χ4v) is 11.3. The Morgan fingerprint density at radius 1 is 0.355 bits per heavy atom. The minimum Gasteiger partial charge on any atom is -0.309 e. The summed E-state index contributed by atoms with van der Waals surface area (Å²) < 4.78 is 4.74. The number of nitriles is 1. The van der Waals surface area contributed by atoms with Crippen LogP contribution in [-0.2, 0) is 21.7 Å². The average molecular weight is 987 g/mol. The lowest BCUT2D eigenvalue weighted by atomic mass is 9.80. The Bertz CT molecular complexity index is 3740. The van der Waals surface area contributed by atoms with Crippen LogP contribution in [0, 0.1) is 17.9 Å². The first-order chi connectivity index (χ1) is 36.1. The summed E-state index contributed by atoms with van der Waals surface area (Å²) in [6.45, 7) is 36.4. The molecule has 0 unspecified atom stereocenters. The fourth-order valence-electron chi connectivity index (χ4n) is 11.3. The minimum atomic E-state index is -0.00985. The molecule has 11 aromatic rings. The van der Waals surface area contributed by atoms with Gasteiger partial charge in [0.05, 0.1) is 34.2 Å². The summed E-state index contributed by atoms with van der Waals surface area (Å²) in [6.07, 6.45) is 0. The molecule has 0 aliphatic carbocycles. The van der Waals surface area contributed by atoms with E-state index in [1.54, 1.807) is 0 Å². The van der Waals surface area contributed by atoms with E-state index < -0.39 is 0 Å². The third-order valence-corrected chi connectivity index (χ3v) is 15.6. The molecule has 11 rings (SSSR count). The van der Waals surface area contributed by atoms with Crippen molar-refractivity contribution in [3.63, 3.8) is 0 Å². The van der Waals surface area contributed by atoms with Crippen molar-refractivity contribution in [2.75, 3.05) is 0 Å². The van der Waals surface area contributed by atoms with Crippen LogP contribution < -0.4 is 0 Å². The summed E-state index contributed by atoms with van der Waals surface area (Å²) in [5.41, 5.74) is 19.2. The first-order valence-corrected chi connectivity index (χ1v) is 26.7. The van der Waals surface area contributed by atoms with Gasteiger partial charge in [0.15, 0.2) is 0 Å². The second kappa shape index (κ2) is 18.1. The number of fused-ring (bicyclic) bond motifs is 6. The van der Waals surface area contributed by atoms with E-state index in [1.807, 2.05) is 36.4 Å². The van der Waals surface area contributed by atoms with E-state index in [1.165, 1.54) is 43.8 Å². The smallest absolute Gasteiger partial charge is 0.203 e. The van der Waals surface area contributed by atoms with Gasteiger partial charge < -0.3 is 9.13 Å². The van der Waals surface area contributed by atoms with E-state index in [-0.39, 0.29) is 21.7 Å². The summed E-state index contributed by atoms with van der Waals surface area (Å²) >= 11 is 0. The predicted octanol–water partition coefficient (Wildman–Crippen LogP) is 20.2. The number of benzene rings is 9. The highest BCUT2D eigenvalue weighted by Crippen LogP contribution is 2.53. The maximum absolute atomic E-state index is 11.7. The monoisotopic (exact) mass is 987 g/mol. The van der Waals surface area contributed by atoms with Gasteiger partial charge in [-0.05, 0) is 161 Å². The van der Waals surface area contributed by atoms with Crippen LogP contribution in [0.5, 0.6) is 0 Å². The summed E-state index contributed by atoms with van der Waals surface area (Å²) in [5, 5.41) is 16.6. The number of hydrogen-bond donors (Lipinski definition) is 0. The number of rotatable bonds is 6. The fraction of sp³-hybridized carbons (Fsp3) is 0.222. The van der Waals surface area contributed by atoms with Crippen molar-refractivity contribution in [3.05, 3.63) is 221 Å². The lowest BCUT2D eigenvalue weighted by Crippen LogP contribution is -2.10. The normalized spacial score (nSPS) is 12.4. The van der Waals surface area contributed by atoms with Crippen molar-refractivity contribution in [3.8, 4) is 62.0 Å². The Kier molecular flexibility index (Phi) is 11.9. The largest absolute Gasteiger partial charge is 0.309 e. The van der Waals surface area contributed by atoms with Gasteiger partial charge >= 0.3 is 0 Å². The molecule has 0 atom stereocenters. The SMILES string of the molecule is [C-]#[N+]c1c(-c2ccccc2)c(-c2ccc(-n3c4ccc(C(C)(C)C)cc4c4cc(C(C)(C)C)ccc43)cc2)c(C#N)c(-c2ccccc2)c1-c1ccc(-n2c3ccc(C(C)(C)C)cc3c3cc(C(C)(C)C)ccc32)cc1. The topological polar surface area (TPSA) is 38.0 Å². The first-order valence-electron chi connectivity index (χ1n) is 26.7. The van der Waals surface area contributed by atoms with Gasteiger partial charge in [0.25, 0.3) is 0 Å². The van der Waals surface area contributed by atoms with Crippen LogP contribution in [0.1, 0.15) is 111 Å². The third kappa shape index (κ3) is 8.48. The van der Waals surface area contributed by atoms with Crippen LogP contribution in [0.3, 0.4) is 0 Å². The summed E-state index contributed by atoms with van der Waals surface area (Å²) in [4.78, 5) is 4.49. The number of aromatic nitrogens is 2. The summed E-state index contributed by atoms with van der Waals surface area (Å²) in [5.74, 6) is 0. The molecule has 0 fully saturated rings. The van der Waals surface area contributed by atoms with Gasteiger partial charge in [-0.1, -0.05) is 192 Å². The Balaban J connectivity index is 1.13. The van der Waals surface area contributed by atoms with Gasteiger partial charge in [0.2, 0.25) is 5.69 Å². The molecule has 0 N–H and O–H groups in total. The van der Waals surface area contributed by atoms with Crippen LogP contribution in [0.4, 0.5) is 5.69 Å². The van der Waals surface area contributed by atoms with Crippen LogP contribution in [0.2, 0.25) is 0 Å². The molecule has 0 saturated carbocycles. The van der Waals surface area contributed by atoms with Crippen molar-refractivity contribution < 1.29 is 0 Å². The second-order valence-corrected chi connectivity index (χ2v) is 24.9. The van der Waals surface area contributed by atoms with E-state index in [0.717, 1.165) is 77.9 Å².